The average Bonchev–Trinajstić information content (AvgIpc) is 3.29. The van der Waals surface area contributed by atoms with E-state index in [0.717, 1.165) is 58.9 Å². The molecule has 35 heavy (non-hydrogen) atoms. The fourth-order valence-corrected chi connectivity index (χ4v) is 5.90. The molecule has 0 amide bonds. The molecular formula is C27H28N6OS. The number of pyridine rings is 2. The standard InChI is InChI=1S/C27H28N6OS/c1-32-8-5-27(6-9-32)16-33(17-27)25-12-18(4-7-29-25)23(34)13-22-11-21-10-19(2-3-20(21)14-30-22)24-15-31-26(28)35-24/h2-4,7,10-12,14-15H,5-6,8-9,13,16-17H2,1H3,(H2,28,31). The summed E-state index contributed by atoms with van der Waals surface area (Å²) in [4.78, 5) is 32.1. The largest absolute Gasteiger partial charge is 0.375 e. The number of piperidine rings is 1. The van der Waals surface area contributed by atoms with E-state index in [2.05, 4.69) is 37.9 Å². The van der Waals surface area contributed by atoms with Gasteiger partial charge in [0.25, 0.3) is 0 Å². The van der Waals surface area contributed by atoms with Gasteiger partial charge in [-0.3, -0.25) is 9.78 Å². The molecule has 2 aliphatic heterocycles. The summed E-state index contributed by atoms with van der Waals surface area (Å²) in [6.07, 6.45) is 8.12. The zero-order chi connectivity index (χ0) is 24.0. The minimum Gasteiger partial charge on any atom is -0.375 e. The van der Waals surface area contributed by atoms with Gasteiger partial charge in [0.15, 0.2) is 10.9 Å². The van der Waals surface area contributed by atoms with Gasteiger partial charge < -0.3 is 15.5 Å². The maximum atomic E-state index is 13.1. The number of ketones is 1. The molecule has 0 radical (unpaired) electrons. The predicted molar refractivity (Wildman–Crippen MR) is 141 cm³/mol. The number of carbonyl (C=O) groups excluding carboxylic acids is 1. The molecule has 0 unspecified atom stereocenters. The number of likely N-dealkylation sites (tertiary alicyclic amines) is 1. The van der Waals surface area contributed by atoms with Gasteiger partial charge in [-0.05, 0) is 68.2 Å². The van der Waals surface area contributed by atoms with Crippen LogP contribution >= 0.6 is 11.3 Å². The SMILES string of the molecule is CN1CCC2(CC1)CN(c1cc(C(=O)Cc3cc4cc(-c5cnc(N)s5)ccc4cn3)ccn1)C2. The van der Waals surface area contributed by atoms with Gasteiger partial charge in [-0.15, -0.1) is 0 Å². The maximum Gasteiger partial charge on any atom is 0.180 e. The lowest BCUT2D eigenvalue weighted by molar-refractivity contribution is 0.0900. The number of benzene rings is 1. The Morgan fingerprint density at radius 1 is 1.03 bits per heavy atom. The molecule has 6 rings (SSSR count). The van der Waals surface area contributed by atoms with Gasteiger partial charge in [-0.1, -0.05) is 23.5 Å². The number of anilines is 2. The van der Waals surface area contributed by atoms with Crippen molar-refractivity contribution in [2.75, 3.05) is 43.9 Å². The van der Waals surface area contributed by atoms with E-state index in [1.807, 2.05) is 36.5 Å². The molecule has 0 aliphatic carbocycles. The number of nitrogen functional groups attached to an aromatic ring is 1. The molecule has 0 atom stereocenters. The Bertz CT molecular complexity index is 1400. The topological polar surface area (TPSA) is 88.2 Å². The molecule has 7 nitrogen and oxygen atoms in total. The monoisotopic (exact) mass is 484 g/mol. The lowest BCUT2D eigenvalue weighted by Gasteiger charge is -2.54. The summed E-state index contributed by atoms with van der Waals surface area (Å²) >= 11 is 1.46. The van der Waals surface area contributed by atoms with Crippen molar-refractivity contribution in [3.8, 4) is 10.4 Å². The lowest BCUT2D eigenvalue weighted by Crippen LogP contribution is -2.60. The molecular weight excluding hydrogens is 456 g/mol. The van der Waals surface area contributed by atoms with Crippen molar-refractivity contribution in [2.45, 2.75) is 19.3 Å². The Morgan fingerprint density at radius 2 is 1.86 bits per heavy atom. The van der Waals surface area contributed by atoms with Crippen LogP contribution in [-0.2, 0) is 6.42 Å². The van der Waals surface area contributed by atoms with E-state index >= 15 is 0 Å². The van der Waals surface area contributed by atoms with E-state index in [-0.39, 0.29) is 12.2 Å². The van der Waals surface area contributed by atoms with Crippen LogP contribution in [-0.4, -0.2) is 58.9 Å². The summed E-state index contributed by atoms with van der Waals surface area (Å²) in [6, 6.07) is 11.9. The third kappa shape index (κ3) is 4.39. The summed E-state index contributed by atoms with van der Waals surface area (Å²) in [5.74, 6) is 0.960. The Kier molecular flexibility index (Phi) is 5.50. The van der Waals surface area contributed by atoms with Crippen LogP contribution in [0, 0.1) is 5.41 Å². The molecule has 2 aliphatic rings. The average molecular weight is 485 g/mol. The van der Waals surface area contributed by atoms with Gasteiger partial charge in [0.05, 0.1) is 11.3 Å². The van der Waals surface area contributed by atoms with E-state index < -0.39 is 0 Å². The van der Waals surface area contributed by atoms with Crippen molar-refractivity contribution < 1.29 is 4.79 Å². The van der Waals surface area contributed by atoms with Crippen LogP contribution in [0.4, 0.5) is 10.9 Å². The van der Waals surface area contributed by atoms with E-state index in [1.54, 1.807) is 12.4 Å². The molecule has 2 N–H and O–H groups in total. The number of carbonyl (C=O) groups is 1. The van der Waals surface area contributed by atoms with Crippen molar-refractivity contribution in [3.05, 3.63) is 66.2 Å². The van der Waals surface area contributed by atoms with Crippen molar-refractivity contribution in [1.29, 1.82) is 0 Å². The summed E-state index contributed by atoms with van der Waals surface area (Å²) in [5.41, 5.74) is 8.73. The highest BCUT2D eigenvalue weighted by molar-refractivity contribution is 7.18. The highest BCUT2D eigenvalue weighted by Crippen LogP contribution is 2.42. The molecule has 5 heterocycles. The van der Waals surface area contributed by atoms with Crippen molar-refractivity contribution in [1.82, 2.24) is 19.9 Å². The minimum absolute atomic E-state index is 0.0569. The molecule has 3 aromatic heterocycles. The molecule has 8 heteroatoms. The quantitative estimate of drug-likeness (QED) is 0.423. The molecule has 178 valence electrons. The Morgan fingerprint density at radius 3 is 2.63 bits per heavy atom. The number of nitrogens with zero attached hydrogens (tertiary/aromatic N) is 5. The zero-order valence-electron chi connectivity index (χ0n) is 19.8. The second-order valence-corrected chi connectivity index (χ2v) is 11.0. The lowest BCUT2D eigenvalue weighted by atomic mass is 9.72. The Balaban J connectivity index is 1.17. The van der Waals surface area contributed by atoms with Crippen LogP contribution in [0.5, 0.6) is 0 Å². The number of fused-ring (bicyclic) bond motifs is 1. The van der Waals surface area contributed by atoms with Crippen LogP contribution < -0.4 is 10.6 Å². The maximum absolute atomic E-state index is 13.1. The minimum atomic E-state index is 0.0569. The van der Waals surface area contributed by atoms with E-state index in [9.17, 15) is 4.79 Å². The summed E-state index contributed by atoms with van der Waals surface area (Å²) in [7, 11) is 2.20. The fourth-order valence-electron chi connectivity index (χ4n) is 5.22. The number of hydrogen-bond acceptors (Lipinski definition) is 8. The van der Waals surface area contributed by atoms with E-state index in [0.29, 0.717) is 16.1 Å². The van der Waals surface area contributed by atoms with Crippen LogP contribution in [0.3, 0.4) is 0 Å². The smallest absolute Gasteiger partial charge is 0.180 e. The molecule has 2 fully saturated rings. The molecule has 1 aromatic carbocycles. The zero-order valence-corrected chi connectivity index (χ0v) is 20.6. The number of rotatable bonds is 5. The van der Waals surface area contributed by atoms with Crippen molar-refractivity contribution in [2.24, 2.45) is 5.41 Å². The number of aromatic nitrogens is 3. The molecule has 2 saturated heterocycles. The Labute approximate surface area is 208 Å². The van der Waals surface area contributed by atoms with Gasteiger partial charge in [0.1, 0.15) is 5.82 Å². The normalized spacial score (nSPS) is 17.6. The second kappa shape index (κ2) is 8.70. The van der Waals surface area contributed by atoms with Crippen LogP contribution in [0.15, 0.2) is 55.0 Å². The molecule has 0 saturated carbocycles. The van der Waals surface area contributed by atoms with E-state index in [4.69, 9.17) is 5.73 Å². The van der Waals surface area contributed by atoms with Crippen LogP contribution in [0.1, 0.15) is 28.9 Å². The van der Waals surface area contributed by atoms with Gasteiger partial charge in [-0.25, -0.2) is 9.97 Å². The summed E-state index contributed by atoms with van der Waals surface area (Å²) in [5, 5.41) is 2.64. The summed E-state index contributed by atoms with van der Waals surface area (Å²) in [6.45, 7) is 4.40. The van der Waals surface area contributed by atoms with E-state index in [1.165, 1.54) is 24.2 Å². The molecule has 0 bridgehead atoms. The van der Waals surface area contributed by atoms with Gasteiger partial charge in [0, 0.05) is 53.7 Å². The first-order valence-electron chi connectivity index (χ1n) is 12.0. The second-order valence-electron chi connectivity index (χ2n) is 9.96. The first kappa shape index (κ1) is 22.1. The third-order valence-electron chi connectivity index (χ3n) is 7.42. The predicted octanol–water partition coefficient (Wildman–Crippen LogP) is 4.29. The first-order valence-corrected chi connectivity index (χ1v) is 12.8. The van der Waals surface area contributed by atoms with Crippen molar-refractivity contribution in [3.63, 3.8) is 0 Å². The highest BCUT2D eigenvalue weighted by atomic mass is 32.1. The van der Waals surface area contributed by atoms with Gasteiger partial charge in [0.2, 0.25) is 0 Å². The third-order valence-corrected chi connectivity index (χ3v) is 8.30. The number of nitrogens with two attached hydrogens (primary N) is 1. The number of thiazole rings is 1. The Hall–Kier alpha value is -3.36. The van der Waals surface area contributed by atoms with Gasteiger partial charge in [-0.2, -0.15) is 0 Å². The van der Waals surface area contributed by atoms with Crippen molar-refractivity contribution >= 4 is 38.8 Å². The number of Topliss-reactive ketones (excluding diaryl/α,β-unsaturated/α-hetero) is 1. The fraction of sp³-hybridized carbons (Fsp3) is 0.333. The van der Waals surface area contributed by atoms with Crippen LogP contribution in [0.2, 0.25) is 0 Å². The van der Waals surface area contributed by atoms with Gasteiger partial charge >= 0.3 is 0 Å². The highest BCUT2D eigenvalue weighted by Gasteiger charge is 2.44. The molecule has 1 spiro atoms. The van der Waals surface area contributed by atoms with Crippen LogP contribution in [0.25, 0.3) is 21.2 Å². The summed E-state index contributed by atoms with van der Waals surface area (Å²) < 4.78 is 0. The number of hydrogen-bond donors (Lipinski definition) is 1. The first-order chi connectivity index (χ1) is 17.0. The molecule has 4 aromatic rings.